The highest BCUT2D eigenvalue weighted by Crippen LogP contribution is 2.35. The van der Waals surface area contributed by atoms with Crippen LogP contribution >= 0.6 is 0 Å². The Morgan fingerprint density at radius 3 is 2.42 bits per heavy atom. The molecule has 0 saturated carbocycles. The highest BCUT2D eigenvalue weighted by atomic mass is 19.4. The fourth-order valence-corrected chi connectivity index (χ4v) is 1.78. The lowest BCUT2D eigenvalue weighted by atomic mass is 10.0. The van der Waals surface area contributed by atoms with Crippen molar-refractivity contribution in [2.24, 2.45) is 0 Å². The third-order valence-electron chi connectivity index (χ3n) is 2.60. The molecule has 2 aromatic heterocycles. The molecule has 2 rings (SSSR count). The third kappa shape index (κ3) is 2.87. The van der Waals surface area contributed by atoms with E-state index in [9.17, 15) is 13.2 Å². The van der Waals surface area contributed by atoms with Crippen molar-refractivity contribution in [2.45, 2.75) is 12.2 Å². The van der Waals surface area contributed by atoms with Gasteiger partial charge < -0.3 is 5.32 Å². The van der Waals surface area contributed by atoms with Crippen molar-refractivity contribution in [3.8, 4) is 0 Å². The number of hydrogen-bond donors (Lipinski definition) is 1. The van der Waals surface area contributed by atoms with Gasteiger partial charge in [-0.3, -0.25) is 4.98 Å². The van der Waals surface area contributed by atoms with E-state index >= 15 is 0 Å². The number of nitrogens with zero attached hydrogens (tertiary/aromatic N) is 3. The maximum absolute atomic E-state index is 13.0. The number of halogens is 3. The van der Waals surface area contributed by atoms with Crippen LogP contribution in [0.4, 0.5) is 13.2 Å². The van der Waals surface area contributed by atoms with Crippen LogP contribution < -0.4 is 5.32 Å². The Morgan fingerprint density at radius 2 is 1.84 bits per heavy atom. The van der Waals surface area contributed by atoms with Gasteiger partial charge in [0.1, 0.15) is 5.82 Å². The minimum absolute atomic E-state index is 0.00343. The van der Waals surface area contributed by atoms with Crippen LogP contribution in [0, 0.1) is 0 Å². The Bertz CT molecular complexity index is 542. The minimum atomic E-state index is -4.44. The van der Waals surface area contributed by atoms with Gasteiger partial charge in [-0.15, -0.1) is 0 Å². The molecule has 0 aromatic carbocycles. The van der Waals surface area contributed by atoms with Crippen LogP contribution in [0.15, 0.2) is 36.9 Å². The van der Waals surface area contributed by atoms with Crippen LogP contribution in [0.1, 0.15) is 23.0 Å². The molecule has 0 bridgehead atoms. The van der Waals surface area contributed by atoms with Gasteiger partial charge in [0.2, 0.25) is 0 Å². The second-order valence-corrected chi connectivity index (χ2v) is 3.79. The summed E-state index contributed by atoms with van der Waals surface area (Å²) in [5, 5.41) is 2.78. The van der Waals surface area contributed by atoms with E-state index in [1.807, 2.05) is 0 Å². The zero-order valence-corrected chi connectivity index (χ0v) is 10.0. The molecule has 0 aliphatic rings. The molecule has 2 heterocycles. The summed E-state index contributed by atoms with van der Waals surface area (Å²) in [6, 6.07) is 1.79. The molecule has 7 heteroatoms. The monoisotopic (exact) mass is 268 g/mol. The van der Waals surface area contributed by atoms with Gasteiger partial charge in [0, 0.05) is 30.4 Å². The lowest BCUT2D eigenvalue weighted by Gasteiger charge is -2.19. The Balaban J connectivity index is 2.51. The predicted octanol–water partition coefficient (Wildman–Crippen LogP) is 2.20. The SMILES string of the molecule is CNC(c1ncccn1)c1cnccc1C(F)(F)F. The van der Waals surface area contributed by atoms with Gasteiger partial charge in [-0.2, -0.15) is 13.2 Å². The van der Waals surface area contributed by atoms with Crippen molar-refractivity contribution in [1.82, 2.24) is 20.3 Å². The van der Waals surface area contributed by atoms with Gasteiger partial charge in [0.25, 0.3) is 0 Å². The maximum Gasteiger partial charge on any atom is 0.416 e. The molecule has 0 spiro atoms. The van der Waals surface area contributed by atoms with Crippen molar-refractivity contribution in [3.05, 3.63) is 53.9 Å². The molecule has 1 unspecified atom stereocenters. The molecular formula is C12H11F3N4. The summed E-state index contributed by atoms with van der Waals surface area (Å²) in [6.07, 6.45) is 0.819. The molecule has 0 radical (unpaired) electrons. The number of alkyl halides is 3. The van der Waals surface area contributed by atoms with E-state index in [1.54, 1.807) is 13.1 Å². The largest absolute Gasteiger partial charge is 0.416 e. The Kier molecular flexibility index (Phi) is 3.75. The van der Waals surface area contributed by atoms with Gasteiger partial charge in [0.05, 0.1) is 11.6 Å². The van der Waals surface area contributed by atoms with Crippen LogP contribution in [0.25, 0.3) is 0 Å². The number of rotatable bonds is 3. The topological polar surface area (TPSA) is 50.7 Å². The molecule has 1 atom stereocenters. The molecule has 4 nitrogen and oxygen atoms in total. The normalized spacial score (nSPS) is 13.3. The van der Waals surface area contributed by atoms with Gasteiger partial charge in [0.15, 0.2) is 0 Å². The summed E-state index contributed by atoms with van der Waals surface area (Å²) < 4.78 is 38.9. The van der Waals surface area contributed by atoms with E-state index in [1.165, 1.54) is 18.6 Å². The number of pyridine rings is 1. The first-order valence-corrected chi connectivity index (χ1v) is 5.49. The molecule has 0 fully saturated rings. The Labute approximate surface area is 107 Å². The first-order valence-electron chi connectivity index (χ1n) is 5.49. The van der Waals surface area contributed by atoms with Gasteiger partial charge in [-0.1, -0.05) is 0 Å². The van der Waals surface area contributed by atoms with Crippen molar-refractivity contribution in [1.29, 1.82) is 0 Å². The first-order chi connectivity index (χ1) is 9.04. The summed E-state index contributed by atoms with van der Waals surface area (Å²) in [5.41, 5.74) is -0.738. The molecule has 0 saturated heterocycles. The van der Waals surface area contributed by atoms with E-state index < -0.39 is 17.8 Å². The molecule has 0 aliphatic carbocycles. The summed E-state index contributed by atoms with van der Waals surface area (Å²) in [6.45, 7) is 0. The van der Waals surface area contributed by atoms with E-state index in [4.69, 9.17) is 0 Å². The van der Waals surface area contributed by atoms with Crippen molar-refractivity contribution >= 4 is 0 Å². The van der Waals surface area contributed by atoms with E-state index in [0.29, 0.717) is 0 Å². The van der Waals surface area contributed by atoms with E-state index in [2.05, 4.69) is 20.3 Å². The standard InChI is InChI=1S/C12H11F3N4/c1-16-10(11-18-4-2-5-19-11)8-7-17-6-3-9(8)12(13,14)15/h2-7,10,16H,1H3. The molecule has 19 heavy (non-hydrogen) atoms. The number of hydrogen-bond acceptors (Lipinski definition) is 4. The summed E-state index contributed by atoms with van der Waals surface area (Å²) in [7, 11) is 1.55. The highest BCUT2D eigenvalue weighted by Gasteiger charge is 2.35. The number of nitrogens with one attached hydrogen (secondary N) is 1. The van der Waals surface area contributed by atoms with Crippen molar-refractivity contribution in [3.63, 3.8) is 0 Å². The zero-order chi connectivity index (χ0) is 13.9. The van der Waals surface area contributed by atoms with Crippen LogP contribution in [0.3, 0.4) is 0 Å². The summed E-state index contributed by atoms with van der Waals surface area (Å²) in [4.78, 5) is 11.7. The highest BCUT2D eigenvalue weighted by molar-refractivity contribution is 5.32. The molecular weight excluding hydrogens is 257 g/mol. The minimum Gasteiger partial charge on any atom is -0.307 e. The predicted molar refractivity (Wildman–Crippen MR) is 62.2 cm³/mol. The average Bonchev–Trinajstić information content (AvgIpc) is 2.40. The third-order valence-corrected chi connectivity index (χ3v) is 2.60. The Hall–Kier alpha value is -2.02. The molecule has 0 aliphatic heterocycles. The molecule has 100 valence electrons. The van der Waals surface area contributed by atoms with Gasteiger partial charge in [-0.25, -0.2) is 9.97 Å². The maximum atomic E-state index is 13.0. The Morgan fingerprint density at radius 1 is 1.16 bits per heavy atom. The zero-order valence-electron chi connectivity index (χ0n) is 10.0. The van der Waals surface area contributed by atoms with Crippen LogP contribution in [0.2, 0.25) is 0 Å². The first kappa shape index (κ1) is 13.4. The smallest absolute Gasteiger partial charge is 0.307 e. The average molecular weight is 268 g/mol. The quantitative estimate of drug-likeness (QED) is 0.927. The number of aromatic nitrogens is 3. The van der Waals surface area contributed by atoms with Crippen LogP contribution in [-0.4, -0.2) is 22.0 Å². The van der Waals surface area contributed by atoms with Gasteiger partial charge >= 0.3 is 6.18 Å². The molecule has 2 aromatic rings. The van der Waals surface area contributed by atoms with Crippen molar-refractivity contribution < 1.29 is 13.2 Å². The van der Waals surface area contributed by atoms with Crippen LogP contribution in [0.5, 0.6) is 0 Å². The van der Waals surface area contributed by atoms with Crippen molar-refractivity contribution in [2.75, 3.05) is 7.05 Å². The summed E-state index contributed by atoms with van der Waals surface area (Å²) >= 11 is 0. The second kappa shape index (κ2) is 5.31. The molecule has 1 N–H and O–H groups in total. The van der Waals surface area contributed by atoms with Gasteiger partial charge in [-0.05, 0) is 19.2 Å². The fraction of sp³-hybridized carbons (Fsp3) is 0.250. The van der Waals surface area contributed by atoms with E-state index in [0.717, 1.165) is 12.3 Å². The molecule has 0 amide bonds. The second-order valence-electron chi connectivity index (χ2n) is 3.79. The lowest BCUT2D eigenvalue weighted by molar-refractivity contribution is -0.138. The summed E-state index contributed by atoms with van der Waals surface area (Å²) in [5.74, 6) is 0.267. The fourth-order valence-electron chi connectivity index (χ4n) is 1.78. The van der Waals surface area contributed by atoms with Crippen LogP contribution in [-0.2, 0) is 6.18 Å². The lowest BCUT2D eigenvalue weighted by Crippen LogP contribution is -2.24. The van der Waals surface area contributed by atoms with E-state index in [-0.39, 0.29) is 11.4 Å².